The van der Waals surface area contributed by atoms with Gasteiger partial charge in [-0.1, -0.05) is 23.7 Å². The zero-order valence-corrected chi connectivity index (χ0v) is 22.4. The minimum Gasteiger partial charge on any atom is -0.469 e. The van der Waals surface area contributed by atoms with Crippen molar-refractivity contribution < 1.29 is 23.0 Å². The first kappa shape index (κ1) is 28.4. The van der Waals surface area contributed by atoms with Crippen molar-refractivity contribution in [1.82, 2.24) is 19.1 Å². The van der Waals surface area contributed by atoms with Crippen molar-refractivity contribution in [2.75, 3.05) is 12.4 Å². The number of halogens is 3. The molecule has 0 saturated carbocycles. The maximum Gasteiger partial charge on any atom is 0.354 e. The lowest BCUT2D eigenvalue weighted by Gasteiger charge is -2.23. The molecule has 0 saturated heterocycles. The zero-order chi connectivity index (χ0) is 29.0. The van der Waals surface area contributed by atoms with Gasteiger partial charge in [-0.15, -0.1) is 0 Å². The first-order valence-electron chi connectivity index (χ1n) is 11.9. The number of carbonyl (C=O) groups excluding carboxylic acids is 1. The molecular formula is C27H24ClF2N5O5. The van der Waals surface area contributed by atoms with E-state index in [-0.39, 0.29) is 30.5 Å². The molecule has 0 aliphatic carbocycles. The first-order valence-corrected chi connectivity index (χ1v) is 12.3. The standard InChI is InChI=1S/C27H24ClF2N5O5/c1-27(2,23(36)39-3)15-35-25(37)33-24(34(26(35)38)14-16-4-6-17(28)7-5-16)31-18-8-10-19(11-9-18)40-20-12-21(29)32-22(30)13-20/h4-13H,14-15H2,1-3H3,(H,31,33,37). The second kappa shape index (κ2) is 11.7. The van der Waals surface area contributed by atoms with E-state index in [0.29, 0.717) is 16.3 Å². The van der Waals surface area contributed by atoms with Crippen LogP contribution in [0.25, 0.3) is 0 Å². The lowest BCUT2D eigenvalue weighted by Crippen LogP contribution is -2.46. The van der Waals surface area contributed by atoms with Crippen molar-refractivity contribution in [3.8, 4) is 11.5 Å². The minimum absolute atomic E-state index is 0.0324. The summed E-state index contributed by atoms with van der Waals surface area (Å²) in [6.45, 7) is 2.88. The third-order valence-corrected chi connectivity index (χ3v) is 6.03. The van der Waals surface area contributed by atoms with Gasteiger partial charge in [0.05, 0.1) is 19.1 Å². The number of nitrogens with zero attached hydrogens (tertiary/aromatic N) is 4. The van der Waals surface area contributed by atoms with Crippen LogP contribution in [0.2, 0.25) is 5.02 Å². The third kappa shape index (κ3) is 6.70. The van der Waals surface area contributed by atoms with Crippen LogP contribution >= 0.6 is 11.6 Å². The highest BCUT2D eigenvalue weighted by Gasteiger charge is 2.31. The lowest BCUT2D eigenvalue weighted by atomic mass is 9.94. The zero-order valence-electron chi connectivity index (χ0n) is 21.7. The largest absolute Gasteiger partial charge is 0.469 e. The number of hydrogen-bond donors (Lipinski definition) is 1. The molecule has 2 aromatic carbocycles. The Kier molecular flexibility index (Phi) is 8.29. The molecule has 10 nitrogen and oxygen atoms in total. The summed E-state index contributed by atoms with van der Waals surface area (Å²) in [6.07, 6.45) is 0. The van der Waals surface area contributed by atoms with Crippen LogP contribution in [0.1, 0.15) is 19.4 Å². The van der Waals surface area contributed by atoms with Crippen molar-refractivity contribution in [1.29, 1.82) is 0 Å². The molecule has 4 aromatic rings. The van der Waals surface area contributed by atoms with E-state index in [0.717, 1.165) is 16.7 Å². The molecule has 208 valence electrons. The van der Waals surface area contributed by atoms with Crippen molar-refractivity contribution in [3.63, 3.8) is 0 Å². The fourth-order valence-electron chi connectivity index (χ4n) is 3.78. The van der Waals surface area contributed by atoms with E-state index < -0.39 is 34.7 Å². The number of hydrogen-bond acceptors (Lipinski definition) is 8. The number of carbonyl (C=O) groups is 1. The molecular weight excluding hydrogens is 548 g/mol. The lowest BCUT2D eigenvalue weighted by molar-refractivity contribution is -0.151. The van der Waals surface area contributed by atoms with Gasteiger partial charge < -0.3 is 14.8 Å². The summed E-state index contributed by atoms with van der Waals surface area (Å²) >= 11 is 5.99. The number of benzene rings is 2. The van der Waals surface area contributed by atoms with E-state index in [1.54, 1.807) is 50.2 Å². The maximum atomic E-state index is 13.6. The molecule has 0 aliphatic rings. The quantitative estimate of drug-likeness (QED) is 0.230. The smallest absolute Gasteiger partial charge is 0.354 e. The number of pyridine rings is 1. The highest BCUT2D eigenvalue weighted by Crippen LogP contribution is 2.25. The number of methoxy groups -OCH3 is 1. The average Bonchev–Trinajstić information content (AvgIpc) is 2.90. The van der Waals surface area contributed by atoms with Crippen LogP contribution in [0.3, 0.4) is 0 Å². The van der Waals surface area contributed by atoms with Gasteiger partial charge in [-0.25, -0.2) is 14.2 Å². The van der Waals surface area contributed by atoms with Crippen molar-refractivity contribution in [3.05, 3.63) is 104 Å². The summed E-state index contributed by atoms with van der Waals surface area (Å²) in [6, 6.07) is 14.8. The first-order chi connectivity index (χ1) is 18.9. The number of aromatic nitrogens is 4. The van der Waals surface area contributed by atoms with Gasteiger partial charge in [-0.05, 0) is 55.8 Å². The Labute approximate surface area is 231 Å². The van der Waals surface area contributed by atoms with Crippen molar-refractivity contribution in [2.24, 2.45) is 5.41 Å². The van der Waals surface area contributed by atoms with E-state index in [2.05, 4.69) is 15.3 Å². The molecule has 2 heterocycles. The second-order valence-corrected chi connectivity index (χ2v) is 9.81. The van der Waals surface area contributed by atoms with E-state index in [1.165, 1.54) is 23.8 Å². The van der Waals surface area contributed by atoms with Crippen LogP contribution < -0.4 is 21.4 Å². The topological polar surface area (TPSA) is 117 Å². The number of anilines is 2. The molecule has 0 unspecified atom stereocenters. The Bertz CT molecular complexity index is 1630. The summed E-state index contributed by atoms with van der Waals surface area (Å²) in [5.41, 5.74) is -1.60. The molecule has 40 heavy (non-hydrogen) atoms. The van der Waals surface area contributed by atoms with Crippen LogP contribution in [-0.4, -0.2) is 32.2 Å². The van der Waals surface area contributed by atoms with E-state index in [9.17, 15) is 23.2 Å². The van der Waals surface area contributed by atoms with Crippen LogP contribution in [0, 0.1) is 17.3 Å². The fourth-order valence-corrected chi connectivity index (χ4v) is 3.91. The minimum atomic E-state index is -1.18. The summed E-state index contributed by atoms with van der Waals surface area (Å²) in [7, 11) is 1.22. The van der Waals surface area contributed by atoms with E-state index in [1.807, 2.05) is 0 Å². The van der Waals surface area contributed by atoms with Gasteiger partial charge in [0, 0.05) is 29.4 Å². The van der Waals surface area contributed by atoms with Gasteiger partial charge >= 0.3 is 17.3 Å². The fraction of sp³-hybridized carbons (Fsp3) is 0.222. The number of nitrogens with one attached hydrogen (secondary N) is 1. The number of ether oxygens (including phenoxy) is 2. The van der Waals surface area contributed by atoms with Crippen LogP contribution in [-0.2, 0) is 22.6 Å². The van der Waals surface area contributed by atoms with Gasteiger partial charge in [0.1, 0.15) is 11.5 Å². The normalized spacial score (nSPS) is 11.2. The van der Waals surface area contributed by atoms with Crippen LogP contribution in [0.4, 0.5) is 20.4 Å². The van der Waals surface area contributed by atoms with Gasteiger partial charge in [0.2, 0.25) is 17.8 Å². The molecule has 0 bridgehead atoms. The summed E-state index contributed by atoms with van der Waals surface area (Å²) in [5.74, 6) is -2.51. The Morgan fingerprint density at radius 3 is 2.17 bits per heavy atom. The molecule has 0 atom stereocenters. The number of rotatable bonds is 9. The average molecular weight is 572 g/mol. The molecule has 2 aromatic heterocycles. The van der Waals surface area contributed by atoms with E-state index in [4.69, 9.17) is 21.1 Å². The van der Waals surface area contributed by atoms with Gasteiger partial charge in [0.15, 0.2) is 0 Å². The monoisotopic (exact) mass is 571 g/mol. The molecule has 0 amide bonds. The molecule has 0 aliphatic heterocycles. The summed E-state index contributed by atoms with van der Waals surface area (Å²) < 4.78 is 39.1. The van der Waals surface area contributed by atoms with Crippen LogP contribution in [0.5, 0.6) is 11.5 Å². The van der Waals surface area contributed by atoms with Gasteiger partial charge in [0.25, 0.3) is 0 Å². The SMILES string of the molecule is COC(=O)C(C)(C)Cn1c(=O)nc(Nc2ccc(Oc3cc(F)nc(F)c3)cc2)n(Cc2ccc(Cl)cc2)c1=O. The molecule has 0 spiro atoms. The Morgan fingerprint density at radius 2 is 1.57 bits per heavy atom. The Morgan fingerprint density at radius 1 is 0.950 bits per heavy atom. The predicted molar refractivity (Wildman–Crippen MR) is 143 cm³/mol. The summed E-state index contributed by atoms with van der Waals surface area (Å²) in [5, 5.41) is 3.47. The summed E-state index contributed by atoms with van der Waals surface area (Å²) in [4.78, 5) is 45.8. The van der Waals surface area contributed by atoms with Gasteiger partial charge in [-0.2, -0.15) is 18.7 Å². The second-order valence-electron chi connectivity index (χ2n) is 9.37. The molecule has 4 rings (SSSR count). The van der Waals surface area contributed by atoms with E-state index >= 15 is 0 Å². The molecule has 0 radical (unpaired) electrons. The highest BCUT2D eigenvalue weighted by atomic mass is 35.5. The predicted octanol–water partition coefficient (Wildman–Crippen LogP) is 4.52. The van der Waals surface area contributed by atoms with Crippen LogP contribution in [0.15, 0.2) is 70.3 Å². The Hall–Kier alpha value is -4.58. The molecule has 0 fully saturated rings. The molecule has 13 heteroatoms. The van der Waals surface area contributed by atoms with Gasteiger partial charge in [-0.3, -0.25) is 9.36 Å². The van der Waals surface area contributed by atoms with Crippen molar-refractivity contribution in [2.45, 2.75) is 26.9 Å². The maximum absolute atomic E-state index is 13.6. The van der Waals surface area contributed by atoms with Crippen molar-refractivity contribution >= 4 is 29.2 Å². The third-order valence-electron chi connectivity index (χ3n) is 5.78. The number of esters is 1. The molecule has 1 N–H and O–H groups in total. The Balaban J connectivity index is 1.67. The highest BCUT2D eigenvalue weighted by molar-refractivity contribution is 6.30.